The maximum atomic E-state index is 12.2. The van der Waals surface area contributed by atoms with E-state index in [2.05, 4.69) is 11.4 Å². The first kappa shape index (κ1) is 15.3. The molecular formula is C20H14N2O2. The predicted octanol–water partition coefficient (Wildman–Crippen LogP) is 4.60. The summed E-state index contributed by atoms with van der Waals surface area (Å²) in [4.78, 5) is 12.2. The molecule has 0 saturated heterocycles. The number of nitrogens with zero attached hydrogens (tertiary/aromatic N) is 1. The Balaban J connectivity index is 1.72. The van der Waals surface area contributed by atoms with Crippen molar-refractivity contribution in [1.29, 1.82) is 5.26 Å². The summed E-state index contributed by atoms with van der Waals surface area (Å²) < 4.78 is 5.75. The van der Waals surface area contributed by atoms with Gasteiger partial charge in [0.25, 0.3) is 5.91 Å². The van der Waals surface area contributed by atoms with Crippen molar-refractivity contribution in [3.8, 4) is 17.6 Å². The number of nitrogens with one attached hydrogen (secondary N) is 1. The van der Waals surface area contributed by atoms with E-state index in [0.29, 0.717) is 28.3 Å². The topological polar surface area (TPSA) is 62.1 Å². The first-order valence-corrected chi connectivity index (χ1v) is 7.39. The SMILES string of the molecule is N#Cc1ccc(Oc2cccc(NC(=O)c3ccccc3)c2)cc1. The third-order valence-electron chi connectivity index (χ3n) is 3.35. The van der Waals surface area contributed by atoms with E-state index in [-0.39, 0.29) is 5.91 Å². The molecule has 0 unspecified atom stereocenters. The summed E-state index contributed by atoms with van der Waals surface area (Å²) in [6, 6.07) is 25.1. The first-order valence-electron chi connectivity index (χ1n) is 7.39. The fraction of sp³-hybridized carbons (Fsp3) is 0. The number of amides is 1. The van der Waals surface area contributed by atoms with Gasteiger partial charge in [-0.3, -0.25) is 4.79 Å². The zero-order chi connectivity index (χ0) is 16.8. The average molecular weight is 314 g/mol. The van der Waals surface area contributed by atoms with Crippen LogP contribution >= 0.6 is 0 Å². The molecule has 3 aromatic carbocycles. The highest BCUT2D eigenvalue weighted by Gasteiger charge is 2.06. The fourth-order valence-electron chi connectivity index (χ4n) is 2.16. The third kappa shape index (κ3) is 3.79. The van der Waals surface area contributed by atoms with Crippen molar-refractivity contribution in [1.82, 2.24) is 0 Å². The van der Waals surface area contributed by atoms with Gasteiger partial charge in [0.15, 0.2) is 0 Å². The number of anilines is 1. The van der Waals surface area contributed by atoms with Crippen molar-refractivity contribution in [2.45, 2.75) is 0 Å². The maximum Gasteiger partial charge on any atom is 0.255 e. The standard InChI is InChI=1S/C20H14N2O2/c21-14-15-9-11-18(12-10-15)24-19-8-4-7-17(13-19)22-20(23)16-5-2-1-3-6-16/h1-13H,(H,22,23). The van der Waals surface area contributed by atoms with Crippen LogP contribution in [0.25, 0.3) is 0 Å². The van der Waals surface area contributed by atoms with Crippen LogP contribution in [0, 0.1) is 11.3 Å². The van der Waals surface area contributed by atoms with Crippen LogP contribution in [0.2, 0.25) is 0 Å². The predicted molar refractivity (Wildman–Crippen MR) is 92.1 cm³/mol. The van der Waals surface area contributed by atoms with Gasteiger partial charge in [-0.1, -0.05) is 24.3 Å². The number of hydrogen-bond acceptors (Lipinski definition) is 3. The molecule has 1 N–H and O–H groups in total. The van der Waals surface area contributed by atoms with Crippen LogP contribution in [0.1, 0.15) is 15.9 Å². The molecule has 0 aromatic heterocycles. The Morgan fingerprint density at radius 2 is 1.62 bits per heavy atom. The second-order valence-corrected chi connectivity index (χ2v) is 5.09. The first-order chi connectivity index (χ1) is 11.7. The molecule has 4 nitrogen and oxygen atoms in total. The van der Waals surface area contributed by atoms with E-state index < -0.39 is 0 Å². The number of benzene rings is 3. The Kier molecular flexibility index (Phi) is 4.55. The number of carbonyl (C=O) groups excluding carboxylic acids is 1. The summed E-state index contributed by atoms with van der Waals surface area (Å²) in [6.45, 7) is 0. The highest BCUT2D eigenvalue weighted by atomic mass is 16.5. The van der Waals surface area contributed by atoms with Crippen LogP contribution in [-0.2, 0) is 0 Å². The molecule has 0 aliphatic carbocycles. The molecule has 0 bridgehead atoms. The van der Waals surface area contributed by atoms with E-state index in [9.17, 15) is 4.79 Å². The molecule has 4 heteroatoms. The summed E-state index contributed by atoms with van der Waals surface area (Å²) >= 11 is 0. The van der Waals surface area contributed by atoms with Crippen molar-refractivity contribution in [2.75, 3.05) is 5.32 Å². The van der Waals surface area contributed by atoms with Gasteiger partial charge >= 0.3 is 0 Å². The number of hydrogen-bond donors (Lipinski definition) is 1. The van der Waals surface area contributed by atoms with Gasteiger partial charge in [-0.05, 0) is 48.5 Å². The summed E-state index contributed by atoms with van der Waals surface area (Å²) in [7, 11) is 0. The van der Waals surface area contributed by atoms with E-state index in [1.165, 1.54) is 0 Å². The summed E-state index contributed by atoms with van der Waals surface area (Å²) in [5.74, 6) is 1.05. The van der Waals surface area contributed by atoms with Crippen LogP contribution in [0.15, 0.2) is 78.9 Å². The van der Waals surface area contributed by atoms with E-state index >= 15 is 0 Å². The molecule has 3 rings (SSSR count). The molecule has 116 valence electrons. The van der Waals surface area contributed by atoms with Crippen LogP contribution in [0.5, 0.6) is 11.5 Å². The van der Waals surface area contributed by atoms with E-state index in [4.69, 9.17) is 10.00 Å². The average Bonchev–Trinajstić information content (AvgIpc) is 2.63. The molecule has 24 heavy (non-hydrogen) atoms. The minimum absolute atomic E-state index is 0.175. The van der Waals surface area contributed by atoms with Gasteiger partial charge in [0.2, 0.25) is 0 Å². The Morgan fingerprint density at radius 1 is 0.875 bits per heavy atom. The lowest BCUT2D eigenvalue weighted by Crippen LogP contribution is -2.11. The van der Waals surface area contributed by atoms with Gasteiger partial charge in [0, 0.05) is 17.3 Å². The Hall–Kier alpha value is -3.58. The number of carbonyl (C=O) groups is 1. The Labute approximate surface area is 139 Å². The molecule has 0 aliphatic rings. The minimum Gasteiger partial charge on any atom is -0.457 e. The molecule has 3 aromatic rings. The summed E-state index contributed by atoms with van der Waals surface area (Å²) in [5, 5.41) is 11.6. The molecule has 0 spiro atoms. The van der Waals surface area contributed by atoms with Crippen LogP contribution < -0.4 is 10.1 Å². The summed E-state index contributed by atoms with van der Waals surface area (Å²) in [6.07, 6.45) is 0. The van der Waals surface area contributed by atoms with Crippen molar-refractivity contribution in [3.63, 3.8) is 0 Å². The molecule has 0 radical (unpaired) electrons. The Bertz CT molecular complexity index is 882. The van der Waals surface area contributed by atoms with Gasteiger partial charge in [-0.2, -0.15) is 5.26 Å². The zero-order valence-corrected chi connectivity index (χ0v) is 12.8. The van der Waals surface area contributed by atoms with E-state index in [1.807, 2.05) is 18.2 Å². The van der Waals surface area contributed by atoms with Crippen LogP contribution in [0.4, 0.5) is 5.69 Å². The fourth-order valence-corrected chi connectivity index (χ4v) is 2.16. The lowest BCUT2D eigenvalue weighted by molar-refractivity contribution is 0.102. The maximum absolute atomic E-state index is 12.2. The molecule has 0 aliphatic heterocycles. The normalized spacial score (nSPS) is 9.79. The molecule has 0 atom stereocenters. The lowest BCUT2D eigenvalue weighted by atomic mass is 10.2. The second-order valence-electron chi connectivity index (χ2n) is 5.09. The third-order valence-corrected chi connectivity index (χ3v) is 3.35. The van der Waals surface area contributed by atoms with Gasteiger partial charge in [0.05, 0.1) is 11.6 Å². The van der Waals surface area contributed by atoms with Crippen molar-refractivity contribution in [2.24, 2.45) is 0 Å². The largest absolute Gasteiger partial charge is 0.457 e. The van der Waals surface area contributed by atoms with E-state index in [1.54, 1.807) is 60.7 Å². The van der Waals surface area contributed by atoms with Crippen LogP contribution in [0.3, 0.4) is 0 Å². The lowest BCUT2D eigenvalue weighted by Gasteiger charge is -2.09. The highest BCUT2D eigenvalue weighted by molar-refractivity contribution is 6.04. The second kappa shape index (κ2) is 7.12. The smallest absolute Gasteiger partial charge is 0.255 e. The van der Waals surface area contributed by atoms with Gasteiger partial charge in [0.1, 0.15) is 11.5 Å². The summed E-state index contributed by atoms with van der Waals surface area (Å²) in [5.41, 5.74) is 1.82. The van der Waals surface area contributed by atoms with Crippen molar-refractivity contribution in [3.05, 3.63) is 90.0 Å². The Morgan fingerprint density at radius 3 is 2.33 bits per heavy atom. The van der Waals surface area contributed by atoms with Crippen molar-refractivity contribution < 1.29 is 9.53 Å². The van der Waals surface area contributed by atoms with Gasteiger partial charge in [-0.15, -0.1) is 0 Å². The van der Waals surface area contributed by atoms with Crippen LogP contribution in [-0.4, -0.2) is 5.91 Å². The van der Waals surface area contributed by atoms with E-state index in [0.717, 1.165) is 0 Å². The van der Waals surface area contributed by atoms with Gasteiger partial charge < -0.3 is 10.1 Å². The molecule has 0 fully saturated rings. The number of ether oxygens (including phenoxy) is 1. The number of nitriles is 1. The van der Waals surface area contributed by atoms with Gasteiger partial charge in [-0.25, -0.2) is 0 Å². The molecule has 0 heterocycles. The quantitative estimate of drug-likeness (QED) is 0.765. The van der Waals surface area contributed by atoms with Crippen molar-refractivity contribution >= 4 is 11.6 Å². The monoisotopic (exact) mass is 314 g/mol. The number of rotatable bonds is 4. The molecule has 0 saturated carbocycles. The molecule has 1 amide bonds. The molecular weight excluding hydrogens is 300 g/mol. The highest BCUT2D eigenvalue weighted by Crippen LogP contribution is 2.24. The minimum atomic E-state index is -0.175. The zero-order valence-electron chi connectivity index (χ0n) is 12.8.